The van der Waals surface area contributed by atoms with Crippen molar-refractivity contribution >= 4 is 17.0 Å². The molecular weight excluding hydrogens is 190 g/mol. The summed E-state index contributed by atoms with van der Waals surface area (Å²) < 4.78 is 1.87. The van der Waals surface area contributed by atoms with Gasteiger partial charge in [-0.05, 0) is 6.92 Å². The standard InChI is InChI=1S/C8H11N5.C2H6/c1-3-9-7-6-8(11-4-10-7)13(2)5-12-6;1-2/h4-5H,3H2,1-2H3,(H,9,10,11);1-2H3. The summed E-state index contributed by atoms with van der Waals surface area (Å²) in [5.41, 5.74) is 1.68. The van der Waals surface area contributed by atoms with Gasteiger partial charge in [0.1, 0.15) is 11.8 Å². The number of nitrogens with zero attached hydrogens (tertiary/aromatic N) is 4. The van der Waals surface area contributed by atoms with Crippen molar-refractivity contribution in [3.8, 4) is 0 Å². The Morgan fingerprint density at radius 2 is 2.00 bits per heavy atom. The highest BCUT2D eigenvalue weighted by Crippen LogP contribution is 2.15. The second kappa shape index (κ2) is 5.29. The fraction of sp³-hybridized carbons (Fsp3) is 0.500. The first-order valence-electron chi connectivity index (χ1n) is 5.19. The molecule has 2 aromatic rings. The molecule has 5 nitrogen and oxygen atoms in total. The molecule has 0 unspecified atom stereocenters. The molecule has 0 bridgehead atoms. The highest BCUT2D eigenvalue weighted by molar-refractivity contribution is 5.82. The number of fused-ring (bicyclic) bond motifs is 1. The largest absolute Gasteiger partial charge is 0.368 e. The van der Waals surface area contributed by atoms with Crippen molar-refractivity contribution in [2.45, 2.75) is 20.8 Å². The lowest BCUT2D eigenvalue weighted by molar-refractivity contribution is 0.928. The smallest absolute Gasteiger partial charge is 0.165 e. The minimum atomic E-state index is 0.799. The first-order chi connectivity index (χ1) is 7.33. The van der Waals surface area contributed by atoms with Crippen LogP contribution in [0.25, 0.3) is 11.2 Å². The molecule has 0 fully saturated rings. The second-order valence-electron chi connectivity index (χ2n) is 2.78. The quantitative estimate of drug-likeness (QED) is 0.816. The van der Waals surface area contributed by atoms with Gasteiger partial charge in [0.15, 0.2) is 11.5 Å². The number of anilines is 1. The molecule has 0 aromatic carbocycles. The number of hydrogen-bond acceptors (Lipinski definition) is 4. The number of imidazole rings is 1. The maximum atomic E-state index is 4.21. The van der Waals surface area contributed by atoms with E-state index in [1.54, 1.807) is 12.7 Å². The van der Waals surface area contributed by atoms with Crippen LogP contribution in [-0.4, -0.2) is 26.1 Å². The zero-order chi connectivity index (χ0) is 11.3. The van der Waals surface area contributed by atoms with Gasteiger partial charge in [-0.3, -0.25) is 0 Å². The van der Waals surface area contributed by atoms with E-state index in [1.165, 1.54) is 0 Å². The Morgan fingerprint density at radius 3 is 2.67 bits per heavy atom. The zero-order valence-electron chi connectivity index (χ0n) is 9.65. The van der Waals surface area contributed by atoms with E-state index in [0.717, 1.165) is 23.5 Å². The van der Waals surface area contributed by atoms with Gasteiger partial charge in [0.05, 0.1) is 6.33 Å². The summed E-state index contributed by atoms with van der Waals surface area (Å²) in [6.45, 7) is 6.86. The van der Waals surface area contributed by atoms with Crippen molar-refractivity contribution in [2.24, 2.45) is 7.05 Å². The van der Waals surface area contributed by atoms with Crippen LogP contribution in [0.2, 0.25) is 0 Å². The van der Waals surface area contributed by atoms with E-state index >= 15 is 0 Å². The molecule has 0 saturated carbocycles. The number of rotatable bonds is 2. The molecule has 0 spiro atoms. The van der Waals surface area contributed by atoms with E-state index < -0.39 is 0 Å². The Kier molecular flexibility index (Phi) is 4.03. The minimum absolute atomic E-state index is 0.799. The predicted molar refractivity (Wildman–Crippen MR) is 61.8 cm³/mol. The average molecular weight is 207 g/mol. The molecule has 0 saturated heterocycles. The van der Waals surface area contributed by atoms with Gasteiger partial charge in [-0.1, -0.05) is 13.8 Å². The van der Waals surface area contributed by atoms with Gasteiger partial charge < -0.3 is 9.88 Å². The third kappa shape index (κ3) is 2.23. The van der Waals surface area contributed by atoms with Gasteiger partial charge in [-0.25, -0.2) is 15.0 Å². The lowest BCUT2D eigenvalue weighted by atomic mass is 10.5. The van der Waals surface area contributed by atoms with Crippen molar-refractivity contribution in [1.82, 2.24) is 19.5 Å². The molecule has 2 rings (SSSR count). The van der Waals surface area contributed by atoms with Crippen molar-refractivity contribution in [3.05, 3.63) is 12.7 Å². The summed E-state index contributed by atoms with van der Waals surface area (Å²) in [4.78, 5) is 12.5. The van der Waals surface area contributed by atoms with E-state index in [1.807, 2.05) is 32.4 Å². The maximum absolute atomic E-state index is 4.21. The van der Waals surface area contributed by atoms with Gasteiger partial charge in [0, 0.05) is 13.6 Å². The highest BCUT2D eigenvalue weighted by Gasteiger charge is 2.05. The van der Waals surface area contributed by atoms with E-state index in [2.05, 4.69) is 20.3 Å². The van der Waals surface area contributed by atoms with Gasteiger partial charge in [0.25, 0.3) is 0 Å². The van der Waals surface area contributed by atoms with Crippen molar-refractivity contribution in [3.63, 3.8) is 0 Å². The van der Waals surface area contributed by atoms with Gasteiger partial charge in [-0.2, -0.15) is 0 Å². The average Bonchev–Trinajstić information content (AvgIpc) is 2.66. The summed E-state index contributed by atoms with van der Waals surface area (Å²) >= 11 is 0. The molecule has 2 aromatic heterocycles. The van der Waals surface area contributed by atoms with Crippen LogP contribution in [0.3, 0.4) is 0 Å². The third-order valence-electron chi connectivity index (χ3n) is 1.84. The highest BCUT2D eigenvalue weighted by atomic mass is 15.1. The maximum Gasteiger partial charge on any atom is 0.165 e. The number of aromatic nitrogens is 4. The van der Waals surface area contributed by atoms with Crippen molar-refractivity contribution in [1.29, 1.82) is 0 Å². The van der Waals surface area contributed by atoms with Crippen LogP contribution in [0, 0.1) is 0 Å². The van der Waals surface area contributed by atoms with Gasteiger partial charge in [0.2, 0.25) is 0 Å². The summed E-state index contributed by atoms with van der Waals surface area (Å²) in [6.07, 6.45) is 3.28. The summed E-state index contributed by atoms with van der Waals surface area (Å²) in [5.74, 6) is 0.799. The Bertz CT molecular complexity index is 421. The SMILES string of the molecule is CC.CCNc1ncnc2c1ncn2C. The molecule has 0 radical (unpaired) electrons. The van der Waals surface area contributed by atoms with Crippen LogP contribution in [0.5, 0.6) is 0 Å². The minimum Gasteiger partial charge on any atom is -0.368 e. The van der Waals surface area contributed by atoms with Gasteiger partial charge in [-0.15, -0.1) is 0 Å². The normalized spacial score (nSPS) is 9.60. The third-order valence-corrected chi connectivity index (χ3v) is 1.84. The van der Waals surface area contributed by atoms with Crippen LogP contribution in [0.4, 0.5) is 5.82 Å². The van der Waals surface area contributed by atoms with E-state index in [4.69, 9.17) is 0 Å². The number of aryl methyl sites for hydroxylation is 1. The monoisotopic (exact) mass is 207 g/mol. The molecule has 0 aliphatic heterocycles. The van der Waals surface area contributed by atoms with E-state index in [-0.39, 0.29) is 0 Å². The van der Waals surface area contributed by atoms with Crippen LogP contribution in [0.1, 0.15) is 20.8 Å². The Labute approximate surface area is 89.6 Å². The van der Waals surface area contributed by atoms with Crippen LogP contribution < -0.4 is 5.32 Å². The molecule has 0 aliphatic carbocycles. The molecule has 0 atom stereocenters. The molecule has 0 aliphatic rings. The van der Waals surface area contributed by atoms with Crippen LogP contribution in [0.15, 0.2) is 12.7 Å². The van der Waals surface area contributed by atoms with Crippen LogP contribution in [-0.2, 0) is 7.05 Å². The van der Waals surface area contributed by atoms with Crippen molar-refractivity contribution in [2.75, 3.05) is 11.9 Å². The molecule has 0 amide bonds. The Hall–Kier alpha value is -1.65. The summed E-state index contributed by atoms with van der Waals surface area (Å²) in [7, 11) is 1.91. The van der Waals surface area contributed by atoms with E-state index in [9.17, 15) is 0 Å². The molecule has 5 heteroatoms. The molecule has 82 valence electrons. The molecular formula is C10H17N5. The first kappa shape index (κ1) is 11.4. The zero-order valence-corrected chi connectivity index (χ0v) is 9.65. The topological polar surface area (TPSA) is 55.6 Å². The number of nitrogens with one attached hydrogen (secondary N) is 1. The first-order valence-corrected chi connectivity index (χ1v) is 5.19. The van der Waals surface area contributed by atoms with E-state index in [0.29, 0.717) is 0 Å². The molecule has 1 N–H and O–H groups in total. The fourth-order valence-corrected chi connectivity index (χ4v) is 1.24. The Morgan fingerprint density at radius 1 is 1.27 bits per heavy atom. The fourth-order valence-electron chi connectivity index (χ4n) is 1.24. The summed E-state index contributed by atoms with van der Waals surface area (Å²) in [6, 6.07) is 0. The lowest BCUT2D eigenvalue weighted by Gasteiger charge is -2.01. The Balaban J connectivity index is 0.000000531. The molecule has 15 heavy (non-hydrogen) atoms. The number of hydrogen-bond donors (Lipinski definition) is 1. The predicted octanol–water partition coefficient (Wildman–Crippen LogP) is 1.82. The van der Waals surface area contributed by atoms with Gasteiger partial charge >= 0.3 is 0 Å². The van der Waals surface area contributed by atoms with Crippen molar-refractivity contribution < 1.29 is 0 Å². The second-order valence-corrected chi connectivity index (χ2v) is 2.78. The van der Waals surface area contributed by atoms with Crippen LogP contribution >= 0.6 is 0 Å². The lowest BCUT2D eigenvalue weighted by Crippen LogP contribution is -2.00. The summed E-state index contributed by atoms with van der Waals surface area (Å²) in [5, 5.41) is 3.14. The molecule has 2 heterocycles.